The quantitative estimate of drug-likeness (QED) is 0.936. The number of nitrogens with zero attached hydrogens (tertiary/aromatic N) is 3. The largest absolute Gasteiger partial charge is 0.494 e. The van der Waals surface area contributed by atoms with Crippen molar-refractivity contribution >= 4 is 11.6 Å². The fourth-order valence-corrected chi connectivity index (χ4v) is 3.19. The standard InChI is InChI=1S/C18H24N4O2/c1-4-24-16-7-5-15(6-8-16)18(23)22-11-9-21(10-12-22)17-13(2)19-20-14(17)3/h5-8H,4,9-12H2,1-3H3,(H,19,20). The first-order chi connectivity index (χ1) is 11.6. The van der Waals surface area contributed by atoms with Crippen LogP contribution in [-0.2, 0) is 0 Å². The van der Waals surface area contributed by atoms with E-state index in [2.05, 4.69) is 15.1 Å². The van der Waals surface area contributed by atoms with E-state index in [1.54, 1.807) is 0 Å². The van der Waals surface area contributed by atoms with Gasteiger partial charge in [-0.25, -0.2) is 0 Å². The Bertz CT molecular complexity index is 681. The summed E-state index contributed by atoms with van der Waals surface area (Å²) in [5, 5.41) is 7.28. The number of anilines is 1. The highest BCUT2D eigenvalue weighted by Crippen LogP contribution is 2.24. The Kier molecular flexibility index (Phi) is 4.74. The molecule has 0 unspecified atom stereocenters. The molecule has 128 valence electrons. The lowest BCUT2D eigenvalue weighted by atomic mass is 10.1. The van der Waals surface area contributed by atoms with Crippen molar-refractivity contribution < 1.29 is 9.53 Å². The summed E-state index contributed by atoms with van der Waals surface area (Å²) in [6.07, 6.45) is 0. The normalized spacial score (nSPS) is 14.8. The molecule has 0 radical (unpaired) electrons. The number of H-pyrrole nitrogens is 1. The smallest absolute Gasteiger partial charge is 0.253 e. The zero-order chi connectivity index (χ0) is 17.1. The minimum atomic E-state index is 0.0818. The molecule has 1 fully saturated rings. The molecule has 1 aliphatic rings. The maximum Gasteiger partial charge on any atom is 0.253 e. The van der Waals surface area contributed by atoms with Gasteiger partial charge in [0.2, 0.25) is 0 Å². The summed E-state index contributed by atoms with van der Waals surface area (Å²) >= 11 is 0. The highest BCUT2D eigenvalue weighted by atomic mass is 16.5. The second-order valence-corrected chi connectivity index (χ2v) is 6.02. The Morgan fingerprint density at radius 1 is 1.17 bits per heavy atom. The highest BCUT2D eigenvalue weighted by Gasteiger charge is 2.24. The van der Waals surface area contributed by atoms with Crippen LogP contribution in [0.3, 0.4) is 0 Å². The van der Waals surface area contributed by atoms with Gasteiger partial charge in [0.05, 0.1) is 23.7 Å². The Hall–Kier alpha value is -2.50. The Balaban J connectivity index is 1.63. The molecule has 0 spiro atoms. The van der Waals surface area contributed by atoms with E-state index in [1.165, 1.54) is 5.69 Å². The zero-order valence-corrected chi connectivity index (χ0v) is 14.5. The Morgan fingerprint density at radius 3 is 2.38 bits per heavy atom. The van der Waals surface area contributed by atoms with Gasteiger partial charge < -0.3 is 14.5 Å². The minimum Gasteiger partial charge on any atom is -0.494 e. The Morgan fingerprint density at radius 2 is 1.83 bits per heavy atom. The van der Waals surface area contributed by atoms with E-state index in [0.717, 1.165) is 43.3 Å². The molecule has 6 heteroatoms. The van der Waals surface area contributed by atoms with Crippen molar-refractivity contribution in [1.82, 2.24) is 15.1 Å². The van der Waals surface area contributed by atoms with Crippen LogP contribution in [0.5, 0.6) is 5.75 Å². The number of aryl methyl sites for hydroxylation is 2. The van der Waals surface area contributed by atoms with E-state index < -0.39 is 0 Å². The molecule has 6 nitrogen and oxygen atoms in total. The number of nitrogens with one attached hydrogen (secondary N) is 1. The van der Waals surface area contributed by atoms with Gasteiger partial charge in [-0.15, -0.1) is 0 Å². The van der Waals surface area contributed by atoms with Crippen molar-refractivity contribution in [3.05, 3.63) is 41.2 Å². The predicted molar refractivity (Wildman–Crippen MR) is 93.8 cm³/mol. The number of carbonyl (C=O) groups is 1. The summed E-state index contributed by atoms with van der Waals surface area (Å²) in [6.45, 7) is 9.70. The maximum atomic E-state index is 12.6. The number of rotatable bonds is 4. The van der Waals surface area contributed by atoms with E-state index in [-0.39, 0.29) is 5.91 Å². The van der Waals surface area contributed by atoms with Crippen molar-refractivity contribution in [2.45, 2.75) is 20.8 Å². The van der Waals surface area contributed by atoms with Crippen LogP contribution in [0, 0.1) is 13.8 Å². The van der Waals surface area contributed by atoms with Crippen LogP contribution in [0.4, 0.5) is 5.69 Å². The molecule has 1 aromatic carbocycles. The van der Waals surface area contributed by atoms with Crippen molar-refractivity contribution in [3.63, 3.8) is 0 Å². The topological polar surface area (TPSA) is 61.5 Å². The van der Waals surface area contributed by atoms with Gasteiger partial charge >= 0.3 is 0 Å². The Labute approximate surface area is 142 Å². The van der Waals surface area contributed by atoms with Gasteiger partial charge in [0, 0.05) is 31.7 Å². The molecule has 0 bridgehead atoms. The van der Waals surface area contributed by atoms with Gasteiger partial charge in [-0.05, 0) is 45.0 Å². The molecule has 1 aliphatic heterocycles. The van der Waals surface area contributed by atoms with Gasteiger partial charge in [-0.1, -0.05) is 0 Å². The number of amides is 1. The van der Waals surface area contributed by atoms with Crippen LogP contribution in [0.15, 0.2) is 24.3 Å². The second kappa shape index (κ2) is 6.95. The first-order valence-corrected chi connectivity index (χ1v) is 8.38. The molecule has 1 amide bonds. The van der Waals surface area contributed by atoms with Crippen LogP contribution >= 0.6 is 0 Å². The van der Waals surface area contributed by atoms with Crippen molar-refractivity contribution in [1.29, 1.82) is 0 Å². The van der Waals surface area contributed by atoms with E-state index in [1.807, 2.05) is 49.9 Å². The van der Waals surface area contributed by atoms with Gasteiger partial charge in [0.1, 0.15) is 5.75 Å². The fourth-order valence-electron chi connectivity index (χ4n) is 3.19. The number of aromatic nitrogens is 2. The molecule has 2 aromatic rings. The number of hydrogen-bond donors (Lipinski definition) is 1. The predicted octanol–water partition coefficient (Wildman–Crippen LogP) is 2.39. The number of piperazine rings is 1. The van der Waals surface area contributed by atoms with Crippen LogP contribution in [0.2, 0.25) is 0 Å². The summed E-state index contributed by atoms with van der Waals surface area (Å²) in [7, 11) is 0. The molecule has 0 atom stereocenters. The fraction of sp³-hybridized carbons (Fsp3) is 0.444. The van der Waals surface area contributed by atoms with E-state index in [4.69, 9.17) is 4.74 Å². The lowest BCUT2D eigenvalue weighted by molar-refractivity contribution is 0.0746. The summed E-state index contributed by atoms with van der Waals surface area (Å²) in [5.41, 5.74) is 3.98. The number of carbonyl (C=O) groups excluding carboxylic acids is 1. The molecule has 0 saturated carbocycles. The van der Waals surface area contributed by atoms with Gasteiger partial charge in [-0.3, -0.25) is 9.89 Å². The molecule has 1 aromatic heterocycles. The van der Waals surface area contributed by atoms with Gasteiger partial charge in [0.25, 0.3) is 5.91 Å². The molecular weight excluding hydrogens is 304 g/mol. The molecule has 1 N–H and O–H groups in total. The van der Waals surface area contributed by atoms with E-state index in [0.29, 0.717) is 12.2 Å². The maximum absolute atomic E-state index is 12.6. The van der Waals surface area contributed by atoms with Gasteiger partial charge in [0.15, 0.2) is 0 Å². The lowest BCUT2D eigenvalue weighted by Gasteiger charge is -2.36. The van der Waals surface area contributed by atoms with Crippen LogP contribution in [0.1, 0.15) is 28.7 Å². The molecule has 1 saturated heterocycles. The summed E-state index contributed by atoms with van der Waals surface area (Å²) in [6, 6.07) is 7.38. The summed E-state index contributed by atoms with van der Waals surface area (Å²) in [5.74, 6) is 0.878. The third-order valence-electron chi connectivity index (χ3n) is 4.38. The van der Waals surface area contributed by atoms with E-state index >= 15 is 0 Å². The third kappa shape index (κ3) is 3.22. The summed E-state index contributed by atoms with van der Waals surface area (Å²) in [4.78, 5) is 16.9. The third-order valence-corrected chi connectivity index (χ3v) is 4.38. The molecule has 0 aliphatic carbocycles. The number of ether oxygens (including phenoxy) is 1. The number of benzene rings is 1. The monoisotopic (exact) mass is 328 g/mol. The highest BCUT2D eigenvalue weighted by molar-refractivity contribution is 5.94. The van der Waals surface area contributed by atoms with Crippen LogP contribution in [-0.4, -0.2) is 53.8 Å². The van der Waals surface area contributed by atoms with Crippen molar-refractivity contribution in [3.8, 4) is 5.75 Å². The van der Waals surface area contributed by atoms with Crippen molar-refractivity contribution in [2.24, 2.45) is 0 Å². The van der Waals surface area contributed by atoms with Crippen LogP contribution in [0.25, 0.3) is 0 Å². The minimum absolute atomic E-state index is 0.0818. The number of aromatic amines is 1. The average Bonchev–Trinajstić information content (AvgIpc) is 2.94. The first kappa shape index (κ1) is 16.4. The second-order valence-electron chi connectivity index (χ2n) is 6.02. The number of hydrogen-bond acceptors (Lipinski definition) is 4. The first-order valence-electron chi connectivity index (χ1n) is 8.38. The van der Waals surface area contributed by atoms with Crippen LogP contribution < -0.4 is 9.64 Å². The molecule has 2 heterocycles. The average molecular weight is 328 g/mol. The molecule has 24 heavy (non-hydrogen) atoms. The van der Waals surface area contributed by atoms with Gasteiger partial charge in [-0.2, -0.15) is 5.10 Å². The SMILES string of the molecule is CCOc1ccc(C(=O)N2CCN(c3c(C)n[nH]c3C)CC2)cc1. The lowest BCUT2D eigenvalue weighted by Crippen LogP contribution is -2.49. The molecular formula is C18H24N4O2. The zero-order valence-electron chi connectivity index (χ0n) is 14.5. The van der Waals surface area contributed by atoms with Crippen molar-refractivity contribution in [2.75, 3.05) is 37.7 Å². The van der Waals surface area contributed by atoms with E-state index in [9.17, 15) is 4.79 Å². The summed E-state index contributed by atoms with van der Waals surface area (Å²) < 4.78 is 5.42. The molecule has 3 rings (SSSR count).